The molecular weight excluding hydrogens is 657 g/mol. The van der Waals surface area contributed by atoms with Crippen LogP contribution in [0.25, 0.3) is 0 Å². The van der Waals surface area contributed by atoms with Gasteiger partial charge in [-0.15, -0.1) is 0 Å². The lowest BCUT2D eigenvalue weighted by molar-refractivity contribution is -0.140. The first-order valence-electron chi connectivity index (χ1n) is 14.6. The van der Waals surface area contributed by atoms with Crippen molar-refractivity contribution in [1.29, 1.82) is 0 Å². The van der Waals surface area contributed by atoms with Crippen molar-refractivity contribution < 1.29 is 22.4 Å². The molecule has 0 radical (unpaired) electrons. The molecule has 0 heterocycles. The predicted molar refractivity (Wildman–Crippen MR) is 179 cm³/mol. The normalized spacial score (nSPS) is 12.0. The third-order valence-electron chi connectivity index (χ3n) is 7.21. The molecule has 1 unspecified atom stereocenters. The summed E-state index contributed by atoms with van der Waals surface area (Å²) in [5.41, 5.74) is 2.59. The smallest absolute Gasteiger partial charge is 0.264 e. The van der Waals surface area contributed by atoms with Gasteiger partial charge in [-0.2, -0.15) is 0 Å². The number of sulfonamides is 1. The average molecular weight is 695 g/mol. The third kappa shape index (κ3) is 9.25. The number of anilines is 1. The van der Waals surface area contributed by atoms with E-state index >= 15 is 0 Å². The van der Waals surface area contributed by atoms with Crippen molar-refractivity contribution >= 4 is 43.5 Å². The lowest BCUT2D eigenvalue weighted by atomic mass is 10.0. The number of amides is 2. The second kappa shape index (κ2) is 15.3. The molecule has 4 rings (SSSR count). The number of rotatable bonds is 13. The van der Waals surface area contributed by atoms with E-state index in [2.05, 4.69) is 21.2 Å². The molecule has 0 bridgehead atoms. The summed E-state index contributed by atoms with van der Waals surface area (Å²) in [6, 6.07) is 27.1. The first-order valence-corrected chi connectivity index (χ1v) is 16.9. The van der Waals surface area contributed by atoms with Gasteiger partial charge in [0.15, 0.2) is 0 Å². The number of aryl methyl sites for hydroxylation is 1. The monoisotopic (exact) mass is 693 g/mol. The number of hydrogen-bond acceptors (Lipinski definition) is 4. The average Bonchev–Trinajstić information content (AvgIpc) is 3.01. The predicted octanol–water partition coefficient (Wildman–Crippen LogP) is 6.50. The van der Waals surface area contributed by atoms with Crippen LogP contribution in [0.15, 0.2) is 112 Å². The first kappa shape index (κ1) is 33.9. The highest BCUT2D eigenvalue weighted by Crippen LogP contribution is 2.27. The maximum absolute atomic E-state index is 14.4. The summed E-state index contributed by atoms with van der Waals surface area (Å²) < 4.78 is 43.7. The Bertz CT molecular complexity index is 1700. The Morgan fingerprint density at radius 1 is 0.867 bits per heavy atom. The van der Waals surface area contributed by atoms with E-state index in [0.29, 0.717) is 16.6 Å². The molecule has 1 atom stereocenters. The number of nitrogens with zero attached hydrogens (tertiary/aromatic N) is 2. The molecule has 10 heteroatoms. The van der Waals surface area contributed by atoms with Crippen molar-refractivity contribution in [2.24, 2.45) is 5.92 Å². The molecule has 236 valence electrons. The van der Waals surface area contributed by atoms with Crippen LogP contribution in [0.4, 0.5) is 10.1 Å². The van der Waals surface area contributed by atoms with Gasteiger partial charge in [-0.05, 0) is 66.4 Å². The highest BCUT2D eigenvalue weighted by Gasteiger charge is 2.34. The first-order chi connectivity index (χ1) is 21.4. The number of carbonyl (C=O) groups is 2. The quantitative estimate of drug-likeness (QED) is 0.173. The number of hydrogen-bond donors (Lipinski definition) is 1. The molecule has 0 aromatic heterocycles. The van der Waals surface area contributed by atoms with Crippen LogP contribution in [0.3, 0.4) is 0 Å². The van der Waals surface area contributed by atoms with Crippen molar-refractivity contribution in [3.63, 3.8) is 0 Å². The standard InChI is InChI=1S/C35H37BrFN3O4S/c1-25(2)22-38-35(42)33(20-27-8-5-4-6-9-27)39(23-28-14-16-30(37)17-15-28)34(41)24-40(31-11-7-10-29(36)21-31)45(43,44)32-18-12-26(3)13-19-32/h4-19,21,25,33H,20,22-24H2,1-3H3,(H,38,42). The molecule has 7 nitrogen and oxygen atoms in total. The van der Waals surface area contributed by atoms with E-state index < -0.39 is 34.3 Å². The summed E-state index contributed by atoms with van der Waals surface area (Å²) in [5.74, 6) is -1.22. The zero-order valence-electron chi connectivity index (χ0n) is 25.5. The summed E-state index contributed by atoms with van der Waals surface area (Å²) in [6.45, 7) is 5.59. The number of nitrogens with one attached hydrogen (secondary N) is 1. The molecule has 4 aromatic rings. The van der Waals surface area contributed by atoms with Crippen LogP contribution in [-0.2, 0) is 32.6 Å². The molecule has 0 saturated heterocycles. The van der Waals surface area contributed by atoms with Crippen LogP contribution in [0, 0.1) is 18.7 Å². The van der Waals surface area contributed by atoms with Crippen LogP contribution in [-0.4, -0.2) is 44.3 Å². The van der Waals surface area contributed by atoms with Gasteiger partial charge < -0.3 is 10.2 Å². The fourth-order valence-electron chi connectivity index (χ4n) is 4.76. The molecule has 0 aliphatic heterocycles. The number of benzene rings is 4. The summed E-state index contributed by atoms with van der Waals surface area (Å²) in [5, 5.41) is 2.96. The van der Waals surface area contributed by atoms with Gasteiger partial charge in [-0.25, -0.2) is 12.8 Å². The van der Waals surface area contributed by atoms with E-state index in [0.717, 1.165) is 15.4 Å². The maximum Gasteiger partial charge on any atom is 0.264 e. The molecule has 0 aliphatic carbocycles. The second-order valence-corrected chi connectivity index (χ2v) is 14.1. The zero-order chi connectivity index (χ0) is 32.6. The van der Waals surface area contributed by atoms with Crippen molar-refractivity contribution in [2.75, 3.05) is 17.4 Å². The van der Waals surface area contributed by atoms with Crippen molar-refractivity contribution in [3.8, 4) is 0 Å². The summed E-state index contributed by atoms with van der Waals surface area (Å²) in [4.78, 5) is 29.7. The Balaban J connectivity index is 1.79. The Hall–Kier alpha value is -4.02. The van der Waals surface area contributed by atoms with E-state index in [4.69, 9.17) is 0 Å². The van der Waals surface area contributed by atoms with Gasteiger partial charge in [0.2, 0.25) is 11.8 Å². The van der Waals surface area contributed by atoms with Gasteiger partial charge >= 0.3 is 0 Å². The molecule has 2 amide bonds. The molecule has 0 fully saturated rings. The molecule has 0 saturated carbocycles. The van der Waals surface area contributed by atoms with E-state index in [1.165, 1.54) is 29.2 Å². The van der Waals surface area contributed by atoms with Gasteiger partial charge in [-0.1, -0.05) is 96.0 Å². The lowest BCUT2D eigenvalue weighted by Gasteiger charge is -2.34. The van der Waals surface area contributed by atoms with Gasteiger partial charge in [0.1, 0.15) is 18.4 Å². The van der Waals surface area contributed by atoms with E-state index in [1.54, 1.807) is 48.5 Å². The molecule has 0 spiro atoms. The minimum atomic E-state index is -4.21. The van der Waals surface area contributed by atoms with Gasteiger partial charge in [-0.3, -0.25) is 13.9 Å². The Labute approximate surface area is 273 Å². The highest BCUT2D eigenvalue weighted by molar-refractivity contribution is 9.10. The van der Waals surface area contributed by atoms with Crippen LogP contribution in [0.1, 0.15) is 30.5 Å². The Morgan fingerprint density at radius 3 is 2.16 bits per heavy atom. The molecule has 0 aliphatic rings. The highest BCUT2D eigenvalue weighted by atomic mass is 79.9. The minimum Gasteiger partial charge on any atom is -0.354 e. The Kier molecular flexibility index (Phi) is 11.5. The second-order valence-electron chi connectivity index (χ2n) is 11.3. The van der Waals surface area contributed by atoms with Gasteiger partial charge in [0, 0.05) is 24.0 Å². The van der Waals surface area contributed by atoms with E-state index in [9.17, 15) is 22.4 Å². The molecule has 45 heavy (non-hydrogen) atoms. The number of halogens is 2. The lowest BCUT2D eigenvalue weighted by Crippen LogP contribution is -2.53. The maximum atomic E-state index is 14.4. The topological polar surface area (TPSA) is 86.8 Å². The van der Waals surface area contributed by atoms with E-state index in [1.807, 2.05) is 51.1 Å². The largest absolute Gasteiger partial charge is 0.354 e. The van der Waals surface area contributed by atoms with Crippen LogP contribution in [0.2, 0.25) is 0 Å². The molecule has 4 aromatic carbocycles. The molecular formula is C35H37BrFN3O4S. The zero-order valence-corrected chi connectivity index (χ0v) is 27.9. The van der Waals surface area contributed by atoms with Crippen molar-refractivity contribution in [1.82, 2.24) is 10.2 Å². The minimum absolute atomic E-state index is 0.0291. The summed E-state index contributed by atoms with van der Waals surface area (Å²) >= 11 is 3.42. The van der Waals surface area contributed by atoms with Crippen molar-refractivity contribution in [3.05, 3.63) is 130 Å². The van der Waals surface area contributed by atoms with Crippen molar-refractivity contribution in [2.45, 2.75) is 44.7 Å². The fourth-order valence-corrected chi connectivity index (χ4v) is 6.55. The Morgan fingerprint density at radius 2 is 1.53 bits per heavy atom. The number of carbonyl (C=O) groups excluding carboxylic acids is 2. The summed E-state index contributed by atoms with van der Waals surface area (Å²) in [6.07, 6.45) is 0.194. The van der Waals surface area contributed by atoms with E-state index in [-0.39, 0.29) is 35.4 Å². The summed E-state index contributed by atoms with van der Waals surface area (Å²) in [7, 11) is -4.21. The van der Waals surface area contributed by atoms with Crippen LogP contribution < -0.4 is 9.62 Å². The van der Waals surface area contributed by atoms with Crippen LogP contribution in [0.5, 0.6) is 0 Å². The van der Waals surface area contributed by atoms with Gasteiger partial charge in [0.05, 0.1) is 10.6 Å². The fraction of sp³-hybridized carbons (Fsp3) is 0.257. The van der Waals surface area contributed by atoms with Crippen LogP contribution >= 0.6 is 15.9 Å². The SMILES string of the molecule is Cc1ccc(S(=O)(=O)N(CC(=O)N(Cc2ccc(F)cc2)C(Cc2ccccc2)C(=O)NCC(C)C)c2cccc(Br)c2)cc1. The molecule has 1 N–H and O–H groups in total. The van der Waals surface area contributed by atoms with Gasteiger partial charge in [0.25, 0.3) is 10.0 Å². The third-order valence-corrected chi connectivity index (χ3v) is 9.49.